The van der Waals surface area contributed by atoms with Gasteiger partial charge in [0, 0.05) is 36.6 Å². The number of benzene rings is 1. The Morgan fingerprint density at radius 1 is 1.00 bits per heavy atom. The standard InChI is InChI=1S/C33H47FN6O4S/c1-33(2)19-28-30(45(43,44)20-33)24-7-6-8-27(24)40(28)23-17-25(34)29(31(35)41)26(18-23)37-21-9-11-22(12-10-21)38-32(42)36-13-16-39-14-4-3-5-15-39/h17-18,21-22,37H,3-16,19-20H2,1-2H3,(H2,35,41)(H2,36,38,42)/t21-,22-. The molecule has 2 fully saturated rings. The van der Waals surface area contributed by atoms with Crippen molar-refractivity contribution in [1.29, 1.82) is 0 Å². The number of sulfone groups is 1. The number of piperidine rings is 1. The largest absolute Gasteiger partial charge is 0.382 e. The molecule has 1 aromatic carbocycles. The van der Waals surface area contributed by atoms with Crippen molar-refractivity contribution in [3.8, 4) is 5.69 Å². The van der Waals surface area contributed by atoms with E-state index in [1.54, 1.807) is 6.07 Å². The van der Waals surface area contributed by atoms with Crippen molar-refractivity contribution in [2.45, 2.75) is 101 Å². The highest BCUT2D eigenvalue weighted by molar-refractivity contribution is 7.91. The molecule has 1 saturated heterocycles. The monoisotopic (exact) mass is 642 g/mol. The second-order valence-corrected chi connectivity index (χ2v) is 16.1. The zero-order chi connectivity index (χ0) is 31.9. The van der Waals surface area contributed by atoms with Crippen LogP contribution in [0.5, 0.6) is 0 Å². The van der Waals surface area contributed by atoms with Crippen LogP contribution < -0.4 is 21.7 Å². The number of likely N-dealkylation sites (tertiary alicyclic amines) is 1. The Kier molecular flexibility index (Phi) is 8.91. The van der Waals surface area contributed by atoms with Gasteiger partial charge < -0.3 is 31.2 Å². The number of hydrogen-bond donors (Lipinski definition) is 4. The van der Waals surface area contributed by atoms with Crippen molar-refractivity contribution in [1.82, 2.24) is 20.1 Å². The maximum Gasteiger partial charge on any atom is 0.315 e. The quantitative estimate of drug-likeness (QED) is 0.343. The maximum absolute atomic E-state index is 15.7. The molecule has 0 radical (unpaired) electrons. The summed E-state index contributed by atoms with van der Waals surface area (Å²) < 4.78 is 44.5. The van der Waals surface area contributed by atoms with Crippen LogP contribution in [0.4, 0.5) is 14.9 Å². The summed E-state index contributed by atoms with van der Waals surface area (Å²) in [6.45, 7) is 7.58. The Morgan fingerprint density at radius 2 is 1.71 bits per heavy atom. The fourth-order valence-electron chi connectivity index (χ4n) is 8.02. The van der Waals surface area contributed by atoms with Gasteiger partial charge in [0.25, 0.3) is 5.91 Å². The number of hydrogen-bond acceptors (Lipinski definition) is 6. The van der Waals surface area contributed by atoms with Crippen LogP contribution in [0.15, 0.2) is 17.0 Å². The lowest BCUT2D eigenvalue weighted by Gasteiger charge is -2.32. The van der Waals surface area contributed by atoms with Crippen molar-refractivity contribution in [2.24, 2.45) is 11.1 Å². The van der Waals surface area contributed by atoms with Gasteiger partial charge in [0.2, 0.25) is 0 Å². The lowest BCUT2D eigenvalue weighted by molar-refractivity contribution is 0.0997. The Morgan fingerprint density at radius 3 is 2.42 bits per heavy atom. The third-order valence-corrected chi connectivity index (χ3v) is 12.2. The molecule has 45 heavy (non-hydrogen) atoms. The van der Waals surface area contributed by atoms with Gasteiger partial charge in [0.05, 0.1) is 27.6 Å². The highest BCUT2D eigenvalue weighted by Crippen LogP contribution is 2.45. The van der Waals surface area contributed by atoms with E-state index >= 15 is 4.39 Å². The van der Waals surface area contributed by atoms with E-state index in [9.17, 15) is 18.0 Å². The zero-order valence-electron chi connectivity index (χ0n) is 26.5. The molecule has 5 N–H and O–H groups in total. The van der Waals surface area contributed by atoms with Gasteiger partial charge in [-0.1, -0.05) is 20.3 Å². The first-order chi connectivity index (χ1) is 21.4. The lowest BCUT2D eigenvalue weighted by atomic mass is 9.89. The molecule has 1 aromatic heterocycles. The van der Waals surface area contributed by atoms with Crippen LogP contribution in [-0.4, -0.2) is 73.8 Å². The van der Waals surface area contributed by atoms with Gasteiger partial charge in [-0.3, -0.25) is 4.79 Å². The number of urea groups is 1. The molecule has 2 aliphatic heterocycles. The number of halogens is 1. The minimum atomic E-state index is -3.49. The van der Waals surface area contributed by atoms with Crippen LogP contribution in [0.2, 0.25) is 0 Å². The predicted octanol–water partition coefficient (Wildman–Crippen LogP) is 4.07. The molecule has 0 unspecified atom stereocenters. The molecule has 2 aliphatic carbocycles. The first-order valence-corrected chi connectivity index (χ1v) is 18.2. The van der Waals surface area contributed by atoms with Gasteiger partial charge >= 0.3 is 6.03 Å². The van der Waals surface area contributed by atoms with E-state index in [-0.39, 0.29) is 29.4 Å². The number of amides is 3. The number of rotatable bonds is 8. The number of nitrogens with two attached hydrogens (primary N) is 1. The second-order valence-electron chi connectivity index (χ2n) is 14.2. The molecular formula is C33H47FN6O4S. The Hall–Kier alpha value is -3.12. The molecule has 2 aromatic rings. The average Bonchev–Trinajstić information content (AvgIpc) is 3.53. The van der Waals surface area contributed by atoms with Gasteiger partial charge in [0.15, 0.2) is 9.84 Å². The SMILES string of the molecule is CC1(C)Cc2c(c3c(n2-c2cc(F)c(C(N)=O)c(N[C@H]4CC[C@H](NC(=O)NCCN5CCCCC5)CC4)c2)CCC3)S(=O)(=O)C1. The number of nitrogens with zero attached hydrogens (tertiary/aromatic N) is 2. The molecule has 0 bridgehead atoms. The summed E-state index contributed by atoms with van der Waals surface area (Å²) in [6.07, 6.45) is 9.47. The number of aromatic nitrogens is 1. The first kappa shape index (κ1) is 31.8. The number of carbonyl (C=O) groups is 2. The van der Waals surface area contributed by atoms with Crippen LogP contribution >= 0.6 is 0 Å². The van der Waals surface area contributed by atoms with Crippen LogP contribution in [0.25, 0.3) is 5.69 Å². The predicted molar refractivity (Wildman–Crippen MR) is 172 cm³/mol. The number of nitrogens with one attached hydrogen (secondary N) is 3. The molecule has 4 aliphatic rings. The Labute approximate surface area is 265 Å². The summed E-state index contributed by atoms with van der Waals surface area (Å²) in [6, 6.07) is 2.90. The molecule has 0 spiro atoms. The van der Waals surface area contributed by atoms with Crippen LogP contribution in [0.1, 0.15) is 92.5 Å². The van der Waals surface area contributed by atoms with Crippen LogP contribution in [0, 0.1) is 11.2 Å². The summed E-state index contributed by atoms with van der Waals surface area (Å²) in [7, 11) is -3.49. The molecule has 0 atom stereocenters. The van der Waals surface area contributed by atoms with Gasteiger partial charge in [-0.15, -0.1) is 0 Å². The zero-order valence-corrected chi connectivity index (χ0v) is 27.3. The summed E-state index contributed by atoms with van der Waals surface area (Å²) >= 11 is 0. The molecule has 3 heterocycles. The van der Waals surface area contributed by atoms with Crippen LogP contribution in [-0.2, 0) is 29.1 Å². The van der Waals surface area contributed by atoms with Crippen LogP contribution in [0.3, 0.4) is 0 Å². The number of carbonyl (C=O) groups excluding carboxylic acids is 2. The molecule has 6 rings (SSSR count). The third-order valence-electron chi connectivity index (χ3n) is 9.97. The average molecular weight is 643 g/mol. The van der Waals surface area contributed by atoms with E-state index in [4.69, 9.17) is 5.73 Å². The van der Waals surface area contributed by atoms with E-state index in [0.717, 1.165) is 63.0 Å². The fraction of sp³-hybridized carbons (Fsp3) is 0.636. The topological polar surface area (TPSA) is 139 Å². The van der Waals surface area contributed by atoms with Crippen molar-refractivity contribution in [3.05, 3.63) is 40.5 Å². The normalized spacial score (nSPS) is 24.0. The highest BCUT2D eigenvalue weighted by atomic mass is 32.2. The second kappa shape index (κ2) is 12.6. The summed E-state index contributed by atoms with van der Waals surface area (Å²) in [5, 5.41) is 9.47. The fourth-order valence-corrected chi connectivity index (χ4v) is 10.4. The van der Waals surface area contributed by atoms with E-state index in [0.29, 0.717) is 47.8 Å². The van der Waals surface area contributed by atoms with E-state index < -0.39 is 27.0 Å². The van der Waals surface area contributed by atoms with Gasteiger partial charge in [0.1, 0.15) is 5.82 Å². The molecule has 12 heteroatoms. The summed E-state index contributed by atoms with van der Waals surface area (Å²) in [5.41, 5.74) is 8.30. The van der Waals surface area contributed by atoms with Gasteiger partial charge in [-0.2, -0.15) is 0 Å². The highest BCUT2D eigenvalue weighted by Gasteiger charge is 2.42. The van der Waals surface area contributed by atoms with E-state index in [1.807, 2.05) is 18.4 Å². The van der Waals surface area contributed by atoms with Crippen molar-refractivity contribution in [3.63, 3.8) is 0 Å². The molecule has 10 nitrogen and oxygen atoms in total. The molecular weight excluding hydrogens is 595 g/mol. The first-order valence-electron chi connectivity index (χ1n) is 16.6. The van der Waals surface area contributed by atoms with Gasteiger partial charge in [-0.05, 0) is 100 Å². The third kappa shape index (κ3) is 6.72. The van der Waals surface area contributed by atoms with Crippen molar-refractivity contribution in [2.75, 3.05) is 37.2 Å². The summed E-state index contributed by atoms with van der Waals surface area (Å²) in [5.74, 6) is -1.50. The summed E-state index contributed by atoms with van der Waals surface area (Å²) in [4.78, 5) is 27.7. The van der Waals surface area contributed by atoms with Crippen molar-refractivity contribution < 1.29 is 22.4 Å². The van der Waals surface area contributed by atoms with E-state index in [2.05, 4.69) is 20.9 Å². The van der Waals surface area contributed by atoms with Gasteiger partial charge in [-0.25, -0.2) is 17.6 Å². The maximum atomic E-state index is 15.7. The minimum Gasteiger partial charge on any atom is -0.382 e. The molecule has 246 valence electrons. The molecule has 1 saturated carbocycles. The number of fused-ring (bicyclic) bond motifs is 3. The smallest absolute Gasteiger partial charge is 0.315 e. The Bertz CT molecular complexity index is 1570. The molecule has 3 amide bonds. The Balaban J connectivity index is 1.17. The number of anilines is 1. The van der Waals surface area contributed by atoms with Crippen molar-refractivity contribution >= 4 is 27.5 Å². The number of primary amides is 1. The lowest BCUT2D eigenvalue weighted by Crippen LogP contribution is -2.47. The van der Waals surface area contributed by atoms with E-state index in [1.165, 1.54) is 25.3 Å². The minimum absolute atomic E-state index is 0.0380.